The molecule has 2 aromatic rings. The standard InChI is InChI=1S/C17H15N3O/c1-13(21)20(2)17-9-7-16(8-10-17)19-12-15-5-3-14(11-18)4-6-15/h3-10,12H,1-2H3. The quantitative estimate of drug-likeness (QED) is 0.808. The Morgan fingerprint density at radius 2 is 1.76 bits per heavy atom. The van der Waals surface area contributed by atoms with Gasteiger partial charge in [-0.15, -0.1) is 0 Å². The van der Waals surface area contributed by atoms with Crippen molar-refractivity contribution in [1.29, 1.82) is 5.26 Å². The van der Waals surface area contributed by atoms with Gasteiger partial charge in [0.1, 0.15) is 0 Å². The van der Waals surface area contributed by atoms with E-state index in [1.54, 1.807) is 30.3 Å². The number of aliphatic imine (C=N–C) groups is 1. The van der Waals surface area contributed by atoms with E-state index in [0.29, 0.717) is 5.56 Å². The van der Waals surface area contributed by atoms with E-state index in [2.05, 4.69) is 11.1 Å². The van der Waals surface area contributed by atoms with Crippen LogP contribution >= 0.6 is 0 Å². The maximum Gasteiger partial charge on any atom is 0.223 e. The second kappa shape index (κ2) is 6.49. The Hall–Kier alpha value is -2.93. The van der Waals surface area contributed by atoms with Crippen LogP contribution in [0, 0.1) is 11.3 Å². The van der Waals surface area contributed by atoms with Gasteiger partial charge in [-0.25, -0.2) is 0 Å². The van der Waals surface area contributed by atoms with Crippen molar-refractivity contribution in [3.63, 3.8) is 0 Å². The second-order valence-electron chi connectivity index (χ2n) is 4.59. The molecule has 21 heavy (non-hydrogen) atoms. The summed E-state index contributed by atoms with van der Waals surface area (Å²) >= 11 is 0. The van der Waals surface area contributed by atoms with Crippen molar-refractivity contribution in [1.82, 2.24) is 0 Å². The van der Waals surface area contributed by atoms with Gasteiger partial charge in [-0.05, 0) is 42.0 Å². The largest absolute Gasteiger partial charge is 0.316 e. The molecular weight excluding hydrogens is 262 g/mol. The van der Waals surface area contributed by atoms with Crippen LogP contribution in [0.1, 0.15) is 18.1 Å². The molecule has 0 fully saturated rings. The number of nitriles is 1. The summed E-state index contributed by atoms with van der Waals surface area (Å²) in [5.74, 6) is -0.0103. The third-order valence-electron chi connectivity index (χ3n) is 3.11. The lowest BCUT2D eigenvalue weighted by atomic mass is 10.2. The van der Waals surface area contributed by atoms with Gasteiger partial charge in [0.05, 0.1) is 17.3 Å². The minimum absolute atomic E-state index is 0.0103. The lowest BCUT2D eigenvalue weighted by Gasteiger charge is -2.14. The van der Waals surface area contributed by atoms with E-state index < -0.39 is 0 Å². The van der Waals surface area contributed by atoms with Crippen LogP contribution in [-0.2, 0) is 4.79 Å². The maximum atomic E-state index is 11.3. The monoisotopic (exact) mass is 277 g/mol. The minimum atomic E-state index is -0.0103. The van der Waals surface area contributed by atoms with Crippen LogP contribution in [0.3, 0.4) is 0 Å². The molecule has 0 aliphatic rings. The molecular formula is C17H15N3O. The number of carbonyl (C=O) groups excluding carboxylic acids is 1. The zero-order valence-corrected chi connectivity index (χ0v) is 11.9. The van der Waals surface area contributed by atoms with Gasteiger partial charge < -0.3 is 4.90 Å². The SMILES string of the molecule is CC(=O)N(C)c1ccc(N=Cc2ccc(C#N)cc2)cc1. The molecule has 0 radical (unpaired) electrons. The van der Waals surface area contributed by atoms with Crippen molar-refractivity contribution in [3.05, 3.63) is 59.7 Å². The summed E-state index contributed by atoms with van der Waals surface area (Å²) in [6.07, 6.45) is 1.74. The van der Waals surface area contributed by atoms with Crippen molar-refractivity contribution >= 4 is 23.5 Å². The number of anilines is 1. The smallest absolute Gasteiger partial charge is 0.223 e. The van der Waals surface area contributed by atoms with Crippen LogP contribution in [0.25, 0.3) is 0 Å². The highest BCUT2D eigenvalue weighted by Gasteiger charge is 2.04. The normalized spacial score (nSPS) is 10.3. The van der Waals surface area contributed by atoms with Gasteiger partial charge in [0.25, 0.3) is 0 Å². The zero-order valence-electron chi connectivity index (χ0n) is 11.9. The summed E-state index contributed by atoms with van der Waals surface area (Å²) in [7, 11) is 1.73. The number of rotatable bonds is 3. The van der Waals surface area contributed by atoms with Crippen LogP contribution in [0.15, 0.2) is 53.5 Å². The molecule has 0 atom stereocenters. The summed E-state index contributed by atoms with van der Waals surface area (Å²) < 4.78 is 0. The van der Waals surface area contributed by atoms with Gasteiger partial charge in [-0.3, -0.25) is 9.79 Å². The van der Waals surface area contributed by atoms with Gasteiger partial charge in [0, 0.05) is 25.9 Å². The summed E-state index contributed by atoms with van der Waals surface area (Å²) in [5.41, 5.74) is 3.20. The molecule has 0 saturated carbocycles. The fourth-order valence-corrected chi connectivity index (χ4v) is 1.74. The Balaban J connectivity index is 2.10. The molecule has 4 heteroatoms. The third kappa shape index (κ3) is 3.77. The van der Waals surface area contributed by atoms with Crippen molar-refractivity contribution in [2.24, 2.45) is 4.99 Å². The van der Waals surface area contributed by atoms with E-state index in [0.717, 1.165) is 16.9 Å². The average Bonchev–Trinajstić information content (AvgIpc) is 2.53. The highest BCUT2D eigenvalue weighted by Crippen LogP contribution is 2.19. The van der Waals surface area contributed by atoms with Crippen molar-refractivity contribution < 1.29 is 4.79 Å². The highest BCUT2D eigenvalue weighted by atomic mass is 16.2. The molecule has 4 nitrogen and oxygen atoms in total. The van der Waals surface area contributed by atoms with Crippen LogP contribution in [0.4, 0.5) is 11.4 Å². The van der Waals surface area contributed by atoms with E-state index in [1.807, 2.05) is 36.4 Å². The van der Waals surface area contributed by atoms with E-state index in [-0.39, 0.29) is 5.91 Å². The number of hydrogen-bond donors (Lipinski definition) is 0. The molecule has 0 spiro atoms. The molecule has 0 aliphatic carbocycles. The van der Waals surface area contributed by atoms with Gasteiger partial charge in [0.2, 0.25) is 5.91 Å². The Morgan fingerprint density at radius 3 is 2.29 bits per heavy atom. The number of nitrogens with zero attached hydrogens (tertiary/aromatic N) is 3. The molecule has 1 amide bonds. The Bertz CT molecular complexity index is 694. The number of hydrogen-bond acceptors (Lipinski definition) is 3. The van der Waals surface area contributed by atoms with Gasteiger partial charge in [-0.1, -0.05) is 12.1 Å². The number of carbonyl (C=O) groups is 1. The van der Waals surface area contributed by atoms with Crippen LogP contribution in [-0.4, -0.2) is 19.2 Å². The fourth-order valence-electron chi connectivity index (χ4n) is 1.74. The Labute approximate surface area is 124 Å². The minimum Gasteiger partial charge on any atom is -0.316 e. The molecule has 2 aromatic carbocycles. The lowest BCUT2D eigenvalue weighted by molar-refractivity contribution is -0.116. The van der Waals surface area contributed by atoms with E-state index in [1.165, 1.54) is 6.92 Å². The second-order valence-corrected chi connectivity index (χ2v) is 4.59. The lowest BCUT2D eigenvalue weighted by Crippen LogP contribution is -2.22. The van der Waals surface area contributed by atoms with E-state index in [4.69, 9.17) is 5.26 Å². The molecule has 2 rings (SSSR count). The molecule has 0 aromatic heterocycles. The van der Waals surface area contributed by atoms with Crippen LogP contribution in [0.5, 0.6) is 0 Å². The summed E-state index contributed by atoms with van der Waals surface area (Å²) in [6.45, 7) is 1.52. The summed E-state index contributed by atoms with van der Waals surface area (Å²) in [5, 5.41) is 8.73. The topological polar surface area (TPSA) is 56.5 Å². The molecule has 0 unspecified atom stereocenters. The van der Waals surface area contributed by atoms with E-state index in [9.17, 15) is 4.79 Å². The predicted molar refractivity (Wildman–Crippen MR) is 83.9 cm³/mol. The summed E-state index contributed by atoms with van der Waals surface area (Å²) in [4.78, 5) is 17.2. The zero-order chi connectivity index (χ0) is 15.2. The first-order chi connectivity index (χ1) is 10.1. The average molecular weight is 277 g/mol. The van der Waals surface area contributed by atoms with Crippen LogP contribution < -0.4 is 4.90 Å². The molecule has 0 bridgehead atoms. The highest BCUT2D eigenvalue weighted by molar-refractivity contribution is 5.91. The van der Waals surface area contributed by atoms with Gasteiger partial charge >= 0.3 is 0 Å². The number of amides is 1. The first kappa shape index (κ1) is 14.5. The molecule has 0 saturated heterocycles. The predicted octanol–water partition coefficient (Wildman–Crippen LogP) is 3.29. The van der Waals surface area contributed by atoms with Crippen molar-refractivity contribution in [2.75, 3.05) is 11.9 Å². The molecule has 104 valence electrons. The molecule has 0 heterocycles. The van der Waals surface area contributed by atoms with Crippen molar-refractivity contribution in [2.45, 2.75) is 6.92 Å². The summed E-state index contributed by atoms with van der Waals surface area (Å²) in [6, 6.07) is 16.7. The Kier molecular flexibility index (Phi) is 4.47. The van der Waals surface area contributed by atoms with Gasteiger partial charge in [-0.2, -0.15) is 5.26 Å². The fraction of sp³-hybridized carbons (Fsp3) is 0.118. The first-order valence-corrected chi connectivity index (χ1v) is 6.49. The van der Waals surface area contributed by atoms with E-state index >= 15 is 0 Å². The van der Waals surface area contributed by atoms with Gasteiger partial charge in [0.15, 0.2) is 0 Å². The molecule has 0 aliphatic heterocycles. The molecule has 0 N–H and O–H groups in total. The first-order valence-electron chi connectivity index (χ1n) is 6.49. The Morgan fingerprint density at radius 1 is 1.14 bits per heavy atom. The van der Waals surface area contributed by atoms with Crippen LogP contribution in [0.2, 0.25) is 0 Å². The number of benzene rings is 2. The maximum absolute atomic E-state index is 11.3. The van der Waals surface area contributed by atoms with Crippen molar-refractivity contribution in [3.8, 4) is 6.07 Å². The third-order valence-corrected chi connectivity index (χ3v) is 3.11.